The van der Waals surface area contributed by atoms with Gasteiger partial charge in [-0.1, -0.05) is 12.1 Å². The third kappa shape index (κ3) is 2.21. The second-order valence-corrected chi connectivity index (χ2v) is 5.00. The summed E-state index contributed by atoms with van der Waals surface area (Å²) in [5.41, 5.74) is 2.10. The molecule has 1 aromatic heterocycles. The molecule has 1 N–H and O–H groups in total. The number of hydrogen-bond donors (Lipinski definition) is 1. The van der Waals surface area contributed by atoms with Gasteiger partial charge in [-0.2, -0.15) is 0 Å². The number of benzene rings is 1. The van der Waals surface area contributed by atoms with Crippen LogP contribution in [-0.4, -0.2) is 16.1 Å². The Morgan fingerprint density at radius 2 is 2.22 bits per heavy atom. The van der Waals surface area contributed by atoms with Gasteiger partial charge in [0.25, 0.3) is 0 Å². The zero-order valence-electron chi connectivity index (χ0n) is 10.0. The second kappa shape index (κ2) is 4.41. The van der Waals surface area contributed by atoms with Gasteiger partial charge < -0.3 is 5.11 Å². The van der Waals surface area contributed by atoms with Crippen molar-refractivity contribution in [2.75, 3.05) is 0 Å². The highest BCUT2D eigenvalue weighted by Crippen LogP contribution is 2.44. The van der Waals surface area contributed by atoms with Crippen molar-refractivity contribution in [3.8, 4) is 0 Å². The summed E-state index contributed by atoms with van der Waals surface area (Å²) in [5, 5.41) is 10.1. The second-order valence-electron chi connectivity index (χ2n) is 5.00. The standard InChI is InChI=1S/C15H15NO2/c17-15(18)9-13(10-3-4-10)11-5-6-14-12(8-11)2-1-7-16-14/h1-2,5-8,10,13H,3-4,9H2,(H,17,18). The van der Waals surface area contributed by atoms with Gasteiger partial charge in [-0.05, 0) is 48.4 Å². The first-order valence-electron chi connectivity index (χ1n) is 6.30. The molecule has 1 unspecified atom stereocenters. The topological polar surface area (TPSA) is 50.2 Å². The molecule has 2 aromatic rings. The normalized spacial score (nSPS) is 16.7. The lowest BCUT2D eigenvalue weighted by molar-refractivity contribution is -0.137. The summed E-state index contributed by atoms with van der Waals surface area (Å²) in [5.74, 6) is 0.000473. The number of carboxylic acids is 1. The van der Waals surface area contributed by atoms with Crippen LogP contribution in [0.15, 0.2) is 36.5 Å². The summed E-state index contributed by atoms with van der Waals surface area (Å²) in [6.45, 7) is 0. The molecule has 1 aromatic carbocycles. The molecule has 1 atom stereocenters. The number of carbonyl (C=O) groups is 1. The molecule has 92 valence electrons. The number of nitrogens with zero attached hydrogens (tertiary/aromatic N) is 1. The molecule has 3 heteroatoms. The molecular formula is C15H15NO2. The van der Waals surface area contributed by atoms with E-state index >= 15 is 0 Å². The van der Waals surface area contributed by atoms with Gasteiger partial charge in [-0.25, -0.2) is 0 Å². The van der Waals surface area contributed by atoms with Gasteiger partial charge in [0.2, 0.25) is 0 Å². The van der Waals surface area contributed by atoms with E-state index in [0.717, 1.165) is 29.3 Å². The predicted molar refractivity (Wildman–Crippen MR) is 69.5 cm³/mol. The lowest BCUT2D eigenvalue weighted by Crippen LogP contribution is -2.08. The highest BCUT2D eigenvalue weighted by Gasteiger charge is 2.33. The molecule has 3 nitrogen and oxygen atoms in total. The smallest absolute Gasteiger partial charge is 0.303 e. The van der Waals surface area contributed by atoms with Crippen molar-refractivity contribution in [2.45, 2.75) is 25.2 Å². The van der Waals surface area contributed by atoms with Crippen molar-refractivity contribution in [3.05, 3.63) is 42.1 Å². The van der Waals surface area contributed by atoms with Crippen LogP contribution in [0, 0.1) is 5.92 Å². The highest BCUT2D eigenvalue weighted by molar-refractivity contribution is 5.79. The Bertz CT molecular complexity index is 590. The van der Waals surface area contributed by atoms with E-state index in [4.69, 9.17) is 5.11 Å². The molecule has 0 bridgehead atoms. The Labute approximate surface area is 105 Å². The summed E-state index contributed by atoms with van der Waals surface area (Å²) >= 11 is 0. The summed E-state index contributed by atoms with van der Waals surface area (Å²) in [7, 11) is 0. The fraction of sp³-hybridized carbons (Fsp3) is 0.333. The maximum absolute atomic E-state index is 11.0. The fourth-order valence-electron chi connectivity index (χ4n) is 2.57. The Morgan fingerprint density at radius 1 is 1.39 bits per heavy atom. The summed E-state index contributed by atoms with van der Waals surface area (Å²) in [6, 6.07) is 10.0. The minimum atomic E-state index is -0.710. The van der Waals surface area contributed by atoms with Crippen LogP contribution in [-0.2, 0) is 4.79 Å². The van der Waals surface area contributed by atoms with E-state index in [9.17, 15) is 4.79 Å². The average Bonchev–Trinajstić information content (AvgIpc) is 3.19. The van der Waals surface area contributed by atoms with E-state index in [1.807, 2.05) is 24.3 Å². The number of rotatable bonds is 4. The van der Waals surface area contributed by atoms with Gasteiger partial charge >= 0.3 is 5.97 Å². The largest absolute Gasteiger partial charge is 0.481 e. The number of aliphatic carboxylic acids is 1. The van der Waals surface area contributed by atoms with Crippen LogP contribution >= 0.6 is 0 Å². The van der Waals surface area contributed by atoms with Crippen LogP contribution in [0.3, 0.4) is 0 Å². The van der Waals surface area contributed by atoms with Crippen LogP contribution in [0.2, 0.25) is 0 Å². The number of pyridine rings is 1. The van der Waals surface area contributed by atoms with Crippen molar-refractivity contribution < 1.29 is 9.90 Å². The van der Waals surface area contributed by atoms with Gasteiger partial charge in [0.05, 0.1) is 11.9 Å². The van der Waals surface area contributed by atoms with Crippen LogP contribution in [0.1, 0.15) is 30.7 Å². The van der Waals surface area contributed by atoms with Gasteiger partial charge in [0.1, 0.15) is 0 Å². The first kappa shape index (κ1) is 11.2. The zero-order valence-corrected chi connectivity index (χ0v) is 10.0. The van der Waals surface area contributed by atoms with Crippen molar-refractivity contribution in [2.24, 2.45) is 5.92 Å². The Hall–Kier alpha value is -1.90. The molecule has 1 heterocycles. The van der Waals surface area contributed by atoms with E-state index in [-0.39, 0.29) is 12.3 Å². The first-order valence-corrected chi connectivity index (χ1v) is 6.30. The van der Waals surface area contributed by atoms with Crippen molar-refractivity contribution >= 4 is 16.9 Å². The third-order valence-corrected chi connectivity index (χ3v) is 3.64. The fourth-order valence-corrected chi connectivity index (χ4v) is 2.57. The number of fused-ring (bicyclic) bond motifs is 1. The molecule has 1 aliphatic carbocycles. The van der Waals surface area contributed by atoms with Crippen molar-refractivity contribution in [3.63, 3.8) is 0 Å². The molecule has 0 amide bonds. The summed E-state index contributed by atoms with van der Waals surface area (Å²) in [6.07, 6.45) is 4.32. The first-order chi connectivity index (χ1) is 8.74. The molecule has 0 radical (unpaired) electrons. The van der Waals surface area contributed by atoms with Gasteiger partial charge in [0.15, 0.2) is 0 Å². The Kier molecular flexibility index (Phi) is 2.74. The molecule has 0 spiro atoms. The number of hydrogen-bond acceptors (Lipinski definition) is 2. The lowest BCUT2D eigenvalue weighted by Gasteiger charge is -2.14. The molecule has 1 aliphatic rings. The van der Waals surface area contributed by atoms with E-state index in [0.29, 0.717) is 5.92 Å². The molecule has 1 fully saturated rings. The predicted octanol–water partition coefficient (Wildman–Crippen LogP) is 3.20. The van der Waals surface area contributed by atoms with E-state index in [1.165, 1.54) is 0 Å². The summed E-state index contributed by atoms with van der Waals surface area (Å²) in [4.78, 5) is 15.3. The number of carboxylic acid groups (broad SMARTS) is 1. The molecular weight excluding hydrogens is 226 g/mol. The highest BCUT2D eigenvalue weighted by atomic mass is 16.4. The lowest BCUT2D eigenvalue weighted by atomic mass is 9.90. The Morgan fingerprint density at radius 3 is 2.94 bits per heavy atom. The molecule has 18 heavy (non-hydrogen) atoms. The molecule has 3 rings (SSSR count). The van der Waals surface area contributed by atoms with Crippen molar-refractivity contribution in [1.29, 1.82) is 0 Å². The minimum absolute atomic E-state index is 0.159. The molecule has 0 aliphatic heterocycles. The van der Waals surface area contributed by atoms with Crippen LogP contribution in [0.5, 0.6) is 0 Å². The Balaban J connectivity index is 1.98. The minimum Gasteiger partial charge on any atom is -0.481 e. The van der Waals surface area contributed by atoms with Gasteiger partial charge in [0, 0.05) is 11.6 Å². The van der Waals surface area contributed by atoms with Gasteiger partial charge in [-0.3, -0.25) is 9.78 Å². The molecule has 1 saturated carbocycles. The molecule has 0 saturated heterocycles. The number of aromatic nitrogens is 1. The van der Waals surface area contributed by atoms with E-state index < -0.39 is 5.97 Å². The SMILES string of the molecule is O=C(O)CC(c1ccc2ncccc2c1)C1CC1. The average molecular weight is 241 g/mol. The van der Waals surface area contributed by atoms with Crippen LogP contribution in [0.25, 0.3) is 10.9 Å². The zero-order chi connectivity index (χ0) is 12.5. The van der Waals surface area contributed by atoms with E-state index in [2.05, 4.69) is 11.1 Å². The third-order valence-electron chi connectivity index (χ3n) is 3.64. The summed E-state index contributed by atoms with van der Waals surface area (Å²) < 4.78 is 0. The quantitative estimate of drug-likeness (QED) is 0.894. The van der Waals surface area contributed by atoms with Crippen LogP contribution in [0.4, 0.5) is 0 Å². The van der Waals surface area contributed by atoms with E-state index in [1.54, 1.807) is 6.20 Å². The van der Waals surface area contributed by atoms with Crippen molar-refractivity contribution in [1.82, 2.24) is 4.98 Å². The van der Waals surface area contributed by atoms with Gasteiger partial charge in [-0.15, -0.1) is 0 Å². The maximum atomic E-state index is 11.0. The monoisotopic (exact) mass is 241 g/mol. The maximum Gasteiger partial charge on any atom is 0.303 e. The van der Waals surface area contributed by atoms with Crippen LogP contribution < -0.4 is 0 Å².